The van der Waals surface area contributed by atoms with Gasteiger partial charge in [0.05, 0.1) is 6.54 Å². The van der Waals surface area contributed by atoms with Crippen molar-refractivity contribution in [1.82, 2.24) is 4.90 Å². The summed E-state index contributed by atoms with van der Waals surface area (Å²) in [5.74, 6) is 0.0796. The van der Waals surface area contributed by atoms with Gasteiger partial charge < -0.3 is 5.11 Å². The molecule has 1 aliphatic carbocycles. The van der Waals surface area contributed by atoms with Crippen molar-refractivity contribution >= 4 is 5.97 Å². The molecule has 1 unspecified atom stereocenters. The quantitative estimate of drug-likeness (QED) is 0.616. The largest absolute Gasteiger partial charge is 0.480 e. The molecule has 1 rings (SSSR count). The molecule has 1 saturated carbocycles. The second-order valence-electron chi connectivity index (χ2n) is 5.11. The van der Waals surface area contributed by atoms with E-state index in [2.05, 4.69) is 18.7 Å². The summed E-state index contributed by atoms with van der Waals surface area (Å²) >= 11 is 0. The normalized spacial score (nSPS) is 17.7. The summed E-state index contributed by atoms with van der Waals surface area (Å²) in [5.41, 5.74) is 0. The minimum Gasteiger partial charge on any atom is -0.480 e. The molecular formula is C13H25NO2. The minimum absolute atomic E-state index is 0.212. The second kappa shape index (κ2) is 6.89. The van der Waals surface area contributed by atoms with Crippen molar-refractivity contribution in [3.05, 3.63) is 0 Å². The van der Waals surface area contributed by atoms with E-state index in [4.69, 9.17) is 5.11 Å². The lowest BCUT2D eigenvalue weighted by molar-refractivity contribution is -0.139. The SMILES string of the molecule is CCCCCC(C)N(CC(=O)O)CC1CC1. The zero-order valence-electron chi connectivity index (χ0n) is 10.6. The lowest BCUT2D eigenvalue weighted by Gasteiger charge is -2.27. The van der Waals surface area contributed by atoms with Crippen LogP contribution in [0.15, 0.2) is 0 Å². The van der Waals surface area contributed by atoms with E-state index in [1.54, 1.807) is 0 Å². The summed E-state index contributed by atoms with van der Waals surface area (Å²) in [5, 5.41) is 8.90. The van der Waals surface area contributed by atoms with Gasteiger partial charge in [-0.25, -0.2) is 0 Å². The number of nitrogens with zero attached hydrogens (tertiary/aromatic N) is 1. The van der Waals surface area contributed by atoms with Gasteiger partial charge in [0.25, 0.3) is 0 Å². The third kappa shape index (κ3) is 5.50. The fraction of sp³-hybridized carbons (Fsp3) is 0.923. The summed E-state index contributed by atoms with van der Waals surface area (Å²) in [6.45, 7) is 5.56. The number of carboxylic acids is 1. The van der Waals surface area contributed by atoms with Crippen molar-refractivity contribution in [2.75, 3.05) is 13.1 Å². The molecule has 1 fully saturated rings. The molecule has 0 bridgehead atoms. The van der Waals surface area contributed by atoms with Crippen LogP contribution < -0.4 is 0 Å². The Hall–Kier alpha value is -0.570. The van der Waals surface area contributed by atoms with Crippen LogP contribution in [0.2, 0.25) is 0 Å². The summed E-state index contributed by atoms with van der Waals surface area (Å²) in [7, 11) is 0. The van der Waals surface area contributed by atoms with Crippen LogP contribution in [0, 0.1) is 5.92 Å². The van der Waals surface area contributed by atoms with Gasteiger partial charge in [0.1, 0.15) is 0 Å². The minimum atomic E-state index is -0.692. The number of hydrogen-bond donors (Lipinski definition) is 1. The first kappa shape index (κ1) is 13.5. The standard InChI is InChI=1S/C13H25NO2/c1-3-4-5-6-11(2)14(10-13(15)16)9-12-7-8-12/h11-12H,3-10H2,1-2H3,(H,15,16). The molecule has 0 radical (unpaired) electrons. The lowest BCUT2D eigenvalue weighted by Crippen LogP contribution is -2.38. The first-order valence-corrected chi connectivity index (χ1v) is 6.59. The molecule has 3 nitrogen and oxygen atoms in total. The van der Waals surface area contributed by atoms with E-state index in [-0.39, 0.29) is 6.54 Å². The third-order valence-corrected chi connectivity index (χ3v) is 3.38. The molecule has 0 spiro atoms. The molecule has 0 saturated heterocycles. The van der Waals surface area contributed by atoms with Crippen LogP contribution in [0.4, 0.5) is 0 Å². The van der Waals surface area contributed by atoms with Gasteiger partial charge in [0, 0.05) is 12.6 Å². The number of carbonyl (C=O) groups is 1. The molecule has 0 aromatic rings. The molecule has 0 amide bonds. The van der Waals surface area contributed by atoms with Crippen LogP contribution in [-0.4, -0.2) is 35.1 Å². The van der Waals surface area contributed by atoms with Gasteiger partial charge in [-0.1, -0.05) is 26.2 Å². The number of hydrogen-bond acceptors (Lipinski definition) is 2. The molecule has 1 N–H and O–H groups in total. The Bertz CT molecular complexity index is 214. The maximum atomic E-state index is 10.8. The number of carboxylic acid groups (broad SMARTS) is 1. The number of rotatable bonds is 9. The molecule has 0 aromatic heterocycles. The molecule has 16 heavy (non-hydrogen) atoms. The molecule has 0 heterocycles. The molecule has 1 atom stereocenters. The Morgan fingerprint density at radius 2 is 2.12 bits per heavy atom. The van der Waals surface area contributed by atoms with Gasteiger partial charge in [-0.2, -0.15) is 0 Å². The smallest absolute Gasteiger partial charge is 0.317 e. The van der Waals surface area contributed by atoms with Crippen LogP contribution in [-0.2, 0) is 4.79 Å². The highest BCUT2D eigenvalue weighted by Crippen LogP contribution is 2.30. The Morgan fingerprint density at radius 3 is 2.62 bits per heavy atom. The van der Waals surface area contributed by atoms with Crippen molar-refractivity contribution in [2.45, 2.75) is 58.4 Å². The highest BCUT2D eigenvalue weighted by Gasteiger charge is 2.27. The Morgan fingerprint density at radius 1 is 1.44 bits per heavy atom. The van der Waals surface area contributed by atoms with Gasteiger partial charge >= 0.3 is 5.97 Å². The molecule has 94 valence electrons. The van der Waals surface area contributed by atoms with Crippen LogP contribution in [0.1, 0.15) is 52.4 Å². The average molecular weight is 227 g/mol. The monoisotopic (exact) mass is 227 g/mol. The highest BCUT2D eigenvalue weighted by molar-refractivity contribution is 5.69. The van der Waals surface area contributed by atoms with E-state index in [1.807, 2.05) is 0 Å². The van der Waals surface area contributed by atoms with Crippen LogP contribution >= 0.6 is 0 Å². The maximum absolute atomic E-state index is 10.8. The zero-order chi connectivity index (χ0) is 12.0. The Balaban J connectivity index is 2.29. The molecular weight excluding hydrogens is 202 g/mol. The fourth-order valence-electron chi connectivity index (χ4n) is 2.08. The first-order chi connectivity index (χ1) is 7.63. The first-order valence-electron chi connectivity index (χ1n) is 6.59. The van der Waals surface area contributed by atoms with E-state index < -0.39 is 5.97 Å². The van der Waals surface area contributed by atoms with Crippen LogP contribution in [0.25, 0.3) is 0 Å². The van der Waals surface area contributed by atoms with Crippen LogP contribution in [0.5, 0.6) is 0 Å². The van der Waals surface area contributed by atoms with Gasteiger partial charge in [0.2, 0.25) is 0 Å². The van der Waals surface area contributed by atoms with E-state index in [0.29, 0.717) is 6.04 Å². The lowest BCUT2D eigenvalue weighted by atomic mass is 10.1. The summed E-state index contributed by atoms with van der Waals surface area (Å²) in [6, 6.07) is 0.420. The average Bonchev–Trinajstić information content (AvgIpc) is 3.00. The predicted molar refractivity (Wildman–Crippen MR) is 65.5 cm³/mol. The van der Waals surface area contributed by atoms with Crippen molar-refractivity contribution in [1.29, 1.82) is 0 Å². The van der Waals surface area contributed by atoms with E-state index in [9.17, 15) is 4.79 Å². The van der Waals surface area contributed by atoms with Crippen molar-refractivity contribution in [3.63, 3.8) is 0 Å². The zero-order valence-corrected chi connectivity index (χ0v) is 10.6. The molecule has 1 aliphatic rings. The second-order valence-corrected chi connectivity index (χ2v) is 5.11. The molecule has 3 heteroatoms. The van der Waals surface area contributed by atoms with Crippen LogP contribution in [0.3, 0.4) is 0 Å². The fourth-order valence-corrected chi connectivity index (χ4v) is 2.08. The molecule has 0 aromatic carbocycles. The van der Waals surface area contributed by atoms with Crippen molar-refractivity contribution < 1.29 is 9.90 Å². The van der Waals surface area contributed by atoms with Crippen molar-refractivity contribution in [2.24, 2.45) is 5.92 Å². The summed E-state index contributed by atoms with van der Waals surface area (Å²) in [6.07, 6.45) is 7.42. The van der Waals surface area contributed by atoms with E-state index in [1.165, 1.54) is 32.1 Å². The third-order valence-electron chi connectivity index (χ3n) is 3.38. The Kier molecular flexibility index (Phi) is 5.81. The Labute approximate surface area is 98.8 Å². The maximum Gasteiger partial charge on any atom is 0.317 e. The van der Waals surface area contributed by atoms with Gasteiger partial charge in [-0.05, 0) is 32.1 Å². The topological polar surface area (TPSA) is 40.5 Å². The van der Waals surface area contributed by atoms with Gasteiger partial charge in [-0.15, -0.1) is 0 Å². The number of unbranched alkanes of at least 4 members (excludes halogenated alkanes) is 2. The van der Waals surface area contributed by atoms with E-state index in [0.717, 1.165) is 18.9 Å². The summed E-state index contributed by atoms with van der Waals surface area (Å²) in [4.78, 5) is 13.0. The van der Waals surface area contributed by atoms with Gasteiger partial charge in [-0.3, -0.25) is 9.69 Å². The van der Waals surface area contributed by atoms with Crippen molar-refractivity contribution in [3.8, 4) is 0 Å². The highest BCUT2D eigenvalue weighted by atomic mass is 16.4. The predicted octanol–water partition coefficient (Wildman–Crippen LogP) is 2.75. The molecule has 0 aliphatic heterocycles. The number of aliphatic carboxylic acids is 1. The summed E-state index contributed by atoms with van der Waals surface area (Å²) < 4.78 is 0. The van der Waals surface area contributed by atoms with Gasteiger partial charge in [0.15, 0.2) is 0 Å². The van der Waals surface area contributed by atoms with E-state index >= 15 is 0 Å².